The van der Waals surface area contributed by atoms with Gasteiger partial charge in [-0.05, 0) is 42.7 Å². The number of Topliss-reactive ketones (excluding diaryl/α,β-unsaturated/α-hetero) is 1. The number of carbonyl (C=O) groups is 1. The highest BCUT2D eigenvalue weighted by Gasteiger charge is 2.28. The van der Waals surface area contributed by atoms with Gasteiger partial charge in [0.2, 0.25) is 5.76 Å². The third-order valence-electron chi connectivity index (χ3n) is 4.38. The first kappa shape index (κ1) is 18.8. The Morgan fingerprint density at radius 3 is 2.48 bits per heavy atom. The fourth-order valence-electron chi connectivity index (χ4n) is 3.01. The maximum Gasteiger partial charge on any atom is 0.334 e. The van der Waals surface area contributed by atoms with E-state index in [0.29, 0.717) is 10.6 Å². The van der Waals surface area contributed by atoms with Crippen LogP contribution in [0, 0.1) is 17.0 Å². The Kier molecular flexibility index (Phi) is 5.66. The van der Waals surface area contributed by atoms with Crippen molar-refractivity contribution in [3.8, 4) is 0 Å². The molecule has 0 spiro atoms. The summed E-state index contributed by atoms with van der Waals surface area (Å²) < 4.78 is 5.19. The zero-order valence-electron chi connectivity index (χ0n) is 14.6. The highest BCUT2D eigenvalue weighted by molar-refractivity contribution is 6.30. The van der Waals surface area contributed by atoms with Crippen LogP contribution in [0.2, 0.25) is 5.02 Å². The van der Waals surface area contributed by atoms with Crippen LogP contribution in [0.15, 0.2) is 59.1 Å². The molecule has 0 radical (unpaired) electrons. The molecule has 0 amide bonds. The fourth-order valence-corrected chi connectivity index (χ4v) is 3.14. The first-order valence-corrected chi connectivity index (χ1v) is 8.76. The molecule has 27 heavy (non-hydrogen) atoms. The zero-order valence-corrected chi connectivity index (χ0v) is 15.3. The number of ketones is 1. The summed E-state index contributed by atoms with van der Waals surface area (Å²) in [6.45, 7) is 1.53. The second-order valence-electron chi connectivity index (χ2n) is 6.24. The maximum absolute atomic E-state index is 12.7. The Balaban J connectivity index is 1.89. The van der Waals surface area contributed by atoms with Gasteiger partial charge in [-0.1, -0.05) is 47.1 Å². The van der Waals surface area contributed by atoms with Gasteiger partial charge in [-0.2, -0.15) is 0 Å². The first-order valence-electron chi connectivity index (χ1n) is 8.39. The van der Waals surface area contributed by atoms with Crippen molar-refractivity contribution >= 4 is 23.1 Å². The average Bonchev–Trinajstić information content (AvgIpc) is 3.03. The molecular formula is C20H17ClN2O4. The molecular weight excluding hydrogens is 368 g/mol. The van der Waals surface area contributed by atoms with Crippen molar-refractivity contribution in [2.75, 3.05) is 0 Å². The molecule has 1 aromatic heterocycles. The van der Waals surface area contributed by atoms with E-state index < -0.39 is 4.92 Å². The summed E-state index contributed by atoms with van der Waals surface area (Å²) in [5.41, 5.74) is 1.55. The van der Waals surface area contributed by atoms with Gasteiger partial charge in [0, 0.05) is 23.4 Å². The minimum atomic E-state index is -0.496. The van der Waals surface area contributed by atoms with Crippen LogP contribution in [0.3, 0.4) is 0 Å². The molecule has 1 heterocycles. The molecule has 0 aliphatic rings. The molecule has 6 nitrogen and oxygen atoms in total. The molecule has 3 aromatic rings. The summed E-state index contributed by atoms with van der Waals surface area (Å²) in [6.07, 6.45) is 0.392. The number of carbonyl (C=O) groups excluding carboxylic acids is 1. The van der Waals surface area contributed by atoms with Gasteiger partial charge in [-0.25, -0.2) is 0 Å². The number of aryl methyl sites for hydroxylation is 1. The summed E-state index contributed by atoms with van der Waals surface area (Å²) in [7, 11) is 0. The maximum atomic E-state index is 12.7. The molecule has 2 aromatic carbocycles. The van der Waals surface area contributed by atoms with Gasteiger partial charge >= 0.3 is 5.69 Å². The summed E-state index contributed by atoms with van der Waals surface area (Å²) in [5.74, 6) is -0.171. The molecule has 0 aliphatic heterocycles. The summed E-state index contributed by atoms with van der Waals surface area (Å²) in [4.78, 5) is 23.6. The molecule has 1 unspecified atom stereocenters. The van der Waals surface area contributed by atoms with Crippen LogP contribution in [-0.4, -0.2) is 15.9 Å². The lowest BCUT2D eigenvalue weighted by molar-refractivity contribution is -0.386. The van der Waals surface area contributed by atoms with Gasteiger partial charge in [0.15, 0.2) is 11.5 Å². The molecule has 1 atom stereocenters. The van der Waals surface area contributed by atoms with Crippen LogP contribution in [0.25, 0.3) is 0 Å². The first-order chi connectivity index (χ1) is 13.0. The van der Waals surface area contributed by atoms with Crippen molar-refractivity contribution < 1.29 is 14.2 Å². The number of benzene rings is 2. The van der Waals surface area contributed by atoms with E-state index in [9.17, 15) is 14.9 Å². The van der Waals surface area contributed by atoms with Crippen molar-refractivity contribution in [3.05, 3.63) is 92.3 Å². The van der Waals surface area contributed by atoms with Crippen LogP contribution in [0.5, 0.6) is 0 Å². The zero-order chi connectivity index (χ0) is 19.4. The Hall–Kier alpha value is -2.99. The van der Waals surface area contributed by atoms with E-state index in [0.717, 1.165) is 5.56 Å². The van der Waals surface area contributed by atoms with Crippen molar-refractivity contribution in [3.63, 3.8) is 0 Å². The van der Waals surface area contributed by atoms with Gasteiger partial charge in [0.1, 0.15) is 0 Å². The van der Waals surface area contributed by atoms with E-state index in [2.05, 4.69) is 5.16 Å². The average molecular weight is 385 g/mol. The van der Waals surface area contributed by atoms with E-state index in [4.69, 9.17) is 16.1 Å². The molecule has 0 saturated carbocycles. The van der Waals surface area contributed by atoms with E-state index in [1.165, 1.54) is 6.92 Å². The number of rotatable bonds is 7. The second-order valence-corrected chi connectivity index (χ2v) is 6.68. The minimum Gasteiger partial charge on any atom is -0.354 e. The van der Waals surface area contributed by atoms with E-state index in [1.54, 1.807) is 24.3 Å². The van der Waals surface area contributed by atoms with Crippen molar-refractivity contribution in [1.29, 1.82) is 0 Å². The highest BCUT2D eigenvalue weighted by Crippen LogP contribution is 2.31. The normalized spacial score (nSPS) is 11.9. The van der Waals surface area contributed by atoms with Crippen molar-refractivity contribution in [1.82, 2.24) is 5.16 Å². The number of nitrogens with zero attached hydrogens (tertiary/aromatic N) is 2. The number of hydrogen-bond donors (Lipinski definition) is 0. The van der Waals surface area contributed by atoms with Crippen LogP contribution in [-0.2, 0) is 6.42 Å². The second kappa shape index (κ2) is 8.14. The third kappa shape index (κ3) is 4.41. The lowest BCUT2D eigenvalue weighted by Crippen LogP contribution is -2.11. The molecule has 0 N–H and O–H groups in total. The van der Waals surface area contributed by atoms with E-state index >= 15 is 0 Å². The topological polar surface area (TPSA) is 86.2 Å². The van der Waals surface area contributed by atoms with Crippen molar-refractivity contribution in [2.45, 2.75) is 25.7 Å². The molecule has 138 valence electrons. The van der Waals surface area contributed by atoms with Crippen LogP contribution in [0.1, 0.15) is 39.7 Å². The predicted octanol–water partition coefficient (Wildman–Crippen LogP) is 5.14. The quantitative estimate of drug-likeness (QED) is 0.319. The van der Waals surface area contributed by atoms with E-state index in [-0.39, 0.29) is 41.7 Å². The number of aromatic nitrogens is 1. The van der Waals surface area contributed by atoms with Crippen LogP contribution < -0.4 is 0 Å². The Morgan fingerprint density at radius 1 is 1.19 bits per heavy atom. The largest absolute Gasteiger partial charge is 0.354 e. The Labute approximate surface area is 160 Å². The Bertz CT molecular complexity index is 952. The van der Waals surface area contributed by atoms with Crippen molar-refractivity contribution in [2.24, 2.45) is 0 Å². The fraction of sp³-hybridized carbons (Fsp3) is 0.200. The highest BCUT2D eigenvalue weighted by atomic mass is 35.5. The summed E-state index contributed by atoms with van der Waals surface area (Å²) in [6, 6.07) is 16.1. The lowest BCUT2D eigenvalue weighted by atomic mass is 9.88. The SMILES string of the molecule is Cc1noc(CC(CC(=O)c2ccc(Cl)cc2)c2ccccc2)c1[N+](=O)[O-]. The molecule has 0 fully saturated rings. The van der Waals surface area contributed by atoms with Gasteiger partial charge < -0.3 is 4.52 Å². The minimum absolute atomic E-state index is 0.0700. The summed E-state index contributed by atoms with van der Waals surface area (Å²) in [5, 5.41) is 15.6. The number of halogens is 1. The van der Waals surface area contributed by atoms with Gasteiger partial charge in [-0.15, -0.1) is 0 Å². The number of hydrogen-bond acceptors (Lipinski definition) is 5. The monoisotopic (exact) mass is 384 g/mol. The third-order valence-corrected chi connectivity index (χ3v) is 4.63. The molecule has 0 aliphatic carbocycles. The standard InChI is InChI=1S/C20H17ClN2O4/c1-13-20(23(25)26)19(27-22-13)12-16(14-5-3-2-4-6-14)11-18(24)15-7-9-17(21)10-8-15/h2-10,16H,11-12H2,1H3. The van der Waals surface area contributed by atoms with Gasteiger partial charge in [-0.3, -0.25) is 14.9 Å². The van der Waals surface area contributed by atoms with Crippen LogP contribution in [0.4, 0.5) is 5.69 Å². The smallest absolute Gasteiger partial charge is 0.334 e. The Morgan fingerprint density at radius 2 is 1.85 bits per heavy atom. The molecule has 3 rings (SSSR count). The number of nitro groups is 1. The van der Waals surface area contributed by atoms with Crippen LogP contribution >= 0.6 is 11.6 Å². The summed E-state index contributed by atoms with van der Waals surface area (Å²) >= 11 is 5.88. The van der Waals surface area contributed by atoms with E-state index in [1.807, 2.05) is 30.3 Å². The molecule has 0 saturated heterocycles. The molecule has 0 bridgehead atoms. The van der Waals surface area contributed by atoms with Gasteiger partial charge in [0.05, 0.1) is 4.92 Å². The van der Waals surface area contributed by atoms with Gasteiger partial charge in [0.25, 0.3) is 0 Å². The predicted molar refractivity (Wildman–Crippen MR) is 101 cm³/mol. The molecule has 7 heteroatoms. The lowest BCUT2D eigenvalue weighted by Gasteiger charge is -2.15.